The molecule has 3 unspecified atom stereocenters. The largest absolute Gasteiger partial charge is 0.494 e. The van der Waals surface area contributed by atoms with Crippen molar-refractivity contribution in [2.75, 3.05) is 13.7 Å². The Bertz CT molecular complexity index is 1640. The molecular formula is C40H42ClNO5S. The molecular weight excluding hydrogens is 642 g/mol. The molecule has 8 heteroatoms. The number of aliphatic hydroxyl groups is 1. The molecule has 1 aromatic heterocycles. The summed E-state index contributed by atoms with van der Waals surface area (Å²) in [6.45, 7) is 3.55. The Kier molecular flexibility index (Phi) is 13.9. The number of thioether (sulfide) groups is 1. The Balaban J connectivity index is 0.00000221. The number of hydrogen-bond donors (Lipinski definition) is 1. The summed E-state index contributed by atoms with van der Waals surface area (Å²) in [5, 5.41) is 8.62. The highest BCUT2D eigenvalue weighted by atomic mass is 35.5. The number of halogens is 1. The Labute approximate surface area is 293 Å². The first-order valence-corrected chi connectivity index (χ1v) is 17.4. The highest BCUT2D eigenvalue weighted by Crippen LogP contribution is 2.42. The van der Waals surface area contributed by atoms with Crippen LogP contribution in [0.3, 0.4) is 0 Å². The standard InChI is InChI=1S/C39H38ClNO4S.CH4O/c1-2-42-33-19-16-28(17-20-33)23-32-24-31(18-21-34(32)40)38-39(44-27-30-13-7-4-8-14-30)35(43-26-29-11-5-3-6-12-29)25-37(45-38)46-36-15-9-10-22-41-36;1-2/h3-22,24,35,37-39H,2,23,25-27H2,1H3;2H,1H3/t35?,37?,38?,39-;/m1./s1. The second-order valence-electron chi connectivity index (χ2n) is 11.2. The van der Waals surface area contributed by atoms with Gasteiger partial charge in [0, 0.05) is 24.8 Å². The fraction of sp³-hybridized carbons (Fsp3) is 0.275. The number of pyridine rings is 1. The molecule has 0 amide bonds. The second-order valence-corrected chi connectivity index (χ2v) is 12.8. The first-order valence-electron chi connectivity index (χ1n) is 16.1. The van der Waals surface area contributed by atoms with Gasteiger partial charge in [0.15, 0.2) is 0 Å². The number of benzene rings is 4. The van der Waals surface area contributed by atoms with Gasteiger partial charge in [-0.25, -0.2) is 4.98 Å². The maximum absolute atomic E-state index is 7.00. The van der Waals surface area contributed by atoms with E-state index in [1.54, 1.807) is 11.8 Å². The molecule has 6 nitrogen and oxygen atoms in total. The molecule has 0 saturated carbocycles. The van der Waals surface area contributed by atoms with E-state index in [9.17, 15) is 0 Å². The fourth-order valence-electron chi connectivity index (χ4n) is 5.61. The first-order chi connectivity index (χ1) is 23.6. The number of aromatic nitrogens is 1. The third-order valence-electron chi connectivity index (χ3n) is 7.90. The first kappa shape index (κ1) is 35.6. The van der Waals surface area contributed by atoms with Crippen molar-refractivity contribution in [2.45, 2.75) is 61.8 Å². The monoisotopic (exact) mass is 683 g/mol. The molecule has 4 aromatic carbocycles. The predicted octanol–water partition coefficient (Wildman–Crippen LogP) is 9.08. The lowest BCUT2D eigenvalue weighted by Crippen LogP contribution is -2.45. The molecule has 1 fully saturated rings. The van der Waals surface area contributed by atoms with Crippen molar-refractivity contribution in [3.05, 3.63) is 160 Å². The van der Waals surface area contributed by atoms with Crippen LogP contribution >= 0.6 is 23.4 Å². The van der Waals surface area contributed by atoms with Crippen LogP contribution in [0.4, 0.5) is 0 Å². The van der Waals surface area contributed by atoms with Gasteiger partial charge in [-0.3, -0.25) is 0 Å². The zero-order valence-corrected chi connectivity index (χ0v) is 28.9. The van der Waals surface area contributed by atoms with E-state index in [4.69, 9.17) is 35.7 Å². The summed E-state index contributed by atoms with van der Waals surface area (Å²) in [4.78, 5) is 4.56. The summed E-state index contributed by atoms with van der Waals surface area (Å²) in [7, 11) is 1.00. The summed E-state index contributed by atoms with van der Waals surface area (Å²) in [6.07, 6.45) is 2.16. The zero-order valence-electron chi connectivity index (χ0n) is 27.3. The summed E-state index contributed by atoms with van der Waals surface area (Å²) >= 11 is 8.41. The third kappa shape index (κ3) is 10.2. The lowest BCUT2D eigenvalue weighted by atomic mass is 9.93. The zero-order chi connectivity index (χ0) is 33.6. The molecule has 1 aliphatic heterocycles. The van der Waals surface area contributed by atoms with E-state index in [0.29, 0.717) is 37.7 Å². The summed E-state index contributed by atoms with van der Waals surface area (Å²) in [6, 6.07) is 40.8. The summed E-state index contributed by atoms with van der Waals surface area (Å²) < 4.78 is 26.0. The van der Waals surface area contributed by atoms with Crippen LogP contribution in [0.2, 0.25) is 5.02 Å². The van der Waals surface area contributed by atoms with E-state index in [1.165, 1.54) is 0 Å². The van der Waals surface area contributed by atoms with Crippen molar-refractivity contribution in [2.24, 2.45) is 0 Å². The van der Waals surface area contributed by atoms with E-state index in [1.807, 2.05) is 85.9 Å². The maximum atomic E-state index is 7.00. The van der Waals surface area contributed by atoms with Gasteiger partial charge >= 0.3 is 0 Å². The highest BCUT2D eigenvalue weighted by Gasteiger charge is 2.42. The Morgan fingerprint density at radius 3 is 2.10 bits per heavy atom. The highest BCUT2D eigenvalue weighted by molar-refractivity contribution is 7.99. The number of hydrogen-bond acceptors (Lipinski definition) is 7. The van der Waals surface area contributed by atoms with Gasteiger partial charge in [-0.05, 0) is 71.5 Å². The summed E-state index contributed by atoms with van der Waals surface area (Å²) in [5.41, 5.74) is 5.20. The van der Waals surface area contributed by atoms with E-state index < -0.39 is 6.10 Å². The van der Waals surface area contributed by atoms with Gasteiger partial charge in [0.2, 0.25) is 0 Å². The van der Waals surface area contributed by atoms with Crippen LogP contribution in [0.15, 0.2) is 133 Å². The molecule has 5 aromatic rings. The van der Waals surface area contributed by atoms with E-state index >= 15 is 0 Å². The molecule has 2 heterocycles. The summed E-state index contributed by atoms with van der Waals surface area (Å²) in [5.74, 6) is 0.859. The molecule has 48 heavy (non-hydrogen) atoms. The molecule has 4 atom stereocenters. The number of nitrogens with zero attached hydrogens (tertiary/aromatic N) is 1. The van der Waals surface area contributed by atoms with Crippen LogP contribution in [0.5, 0.6) is 5.75 Å². The minimum atomic E-state index is -0.393. The number of ether oxygens (including phenoxy) is 4. The van der Waals surface area contributed by atoms with Crippen LogP contribution in [-0.4, -0.2) is 41.5 Å². The predicted molar refractivity (Wildman–Crippen MR) is 192 cm³/mol. The average Bonchev–Trinajstić information content (AvgIpc) is 3.14. The van der Waals surface area contributed by atoms with Gasteiger partial charge in [0.1, 0.15) is 23.4 Å². The fourth-order valence-corrected chi connectivity index (χ4v) is 6.80. The van der Waals surface area contributed by atoms with E-state index in [0.717, 1.165) is 45.7 Å². The molecule has 0 spiro atoms. The van der Waals surface area contributed by atoms with Crippen LogP contribution < -0.4 is 4.74 Å². The van der Waals surface area contributed by atoms with Gasteiger partial charge in [-0.1, -0.05) is 114 Å². The molecule has 1 N–H and O–H groups in total. The molecule has 1 saturated heterocycles. The van der Waals surface area contributed by atoms with Gasteiger partial charge in [-0.15, -0.1) is 0 Å². The number of aliphatic hydroxyl groups excluding tert-OH is 1. The molecule has 0 bridgehead atoms. The van der Waals surface area contributed by atoms with Crippen molar-refractivity contribution < 1.29 is 24.1 Å². The third-order valence-corrected chi connectivity index (χ3v) is 9.32. The Morgan fingerprint density at radius 1 is 0.792 bits per heavy atom. The van der Waals surface area contributed by atoms with Crippen molar-refractivity contribution in [1.82, 2.24) is 4.98 Å². The van der Waals surface area contributed by atoms with Crippen molar-refractivity contribution >= 4 is 23.4 Å². The molecule has 250 valence electrons. The smallest absolute Gasteiger partial charge is 0.119 e. The molecule has 0 aliphatic carbocycles. The van der Waals surface area contributed by atoms with Crippen LogP contribution in [0.25, 0.3) is 0 Å². The average molecular weight is 684 g/mol. The molecule has 6 rings (SSSR count). The molecule has 1 aliphatic rings. The Hall–Kier alpha value is -3.69. The van der Waals surface area contributed by atoms with Crippen molar-refractivity contribution in [3.8, 4) is 5.75 Å². The van der Waals surface area contributed by atoms with Crippen LogP contribution in [0, 0.1) is 0 Å². The topological polar surface area (TPSA) is 70.0 Å². The minimum Gasteiger partial charge on any atom is -0.494 e. The lowest BCUT2D eigenvalue weighted by molar-refractivity contribution is -0.193. The van der Waals surface area contributed by atoms with Gasteiger partial charge in [-0.2, -0.15) is 0 Å². The van der Waals surface area contributed by atoms with E-state index in [2.05, 4.69) is 53.5 Å². The Morgan fingerprint density at radius 2 is 1.46 bits per heavy atom. The van der Waals surface area contributed by atoms with Crippen LogP contribution in [0.1, 0.15) is 47.3 Å². The van der Waals surface area contributed by atoms with Crippen LogP contribution in [-0.2, 0) is 33.8 Å². The maximum Gasteiger partial charge on any atom is 0.119 e. The quantitative estimate of drug-likeness (QED) is 0.133. The van der Waals surface area contributed by atoms with Crippen molar-refractivity contribution in [1.29, 1.82) is 0 Å². The second kappa shape index (κ2) is 18.7. The SMILES string of the molecule is CCOc1ccc(Cc2cc(C3OC(Sc4ccccn4)CC(OCc4ccccc4)[C@H]3OCc3ccccc3)ccc2Cl)cc1.CO. The van der Waals surface area contributed by atoms with Crippen molar-refractivity contribution in [3.63, 3.8) is 0 Å². The van der Waals surface area contributed by atoms with Gasteiger partial charge in [0.05, 0.1) is 31.0 Å². The number of rotatable bonds is 13. The normalized spacial score (nSPS) is 18.8. The molecule has 0 radical (unpaired) electrons. The van der Waals surface area contributed by atoms with E-state index in [-0.39, 0.29) is 17.6 Å². The van der Waals surface area contributed by atoms with Gasteiger partial charge in [0.25, 0.3) is 0 Å². The van der Waals surface area contributed by atoms with Gasteiger partial charge < -0.3 is 24.1 Å². The minimum absolute atomic E-state index is 0.192. The lowest BCUT2D eigenvalue weighted by Gasteiger charge is -2.41.